The van der Waals surface area contributed by atoms with Crippen LogP contribution in [0.3, 0.4) is 0 Å². The molecule has 0 fully saturated rings. The van der Waals surface area contributed by atoms with Gasteiger partial charge in [0, 0.05) is 42.5 Å². The van der Waals surface area contributed by atoms with Gasteiger partial charge in [-0.2, -0.15) is 0 Å². The number of carboxylic acids is 1. The van der Waals surface area contributed by atoms with Crippen molar-refractivity contribution in [2.45, 2.75) is 32.7 Å². The minimum absolute atomic E-state index is 0.410. The fourth-order valence-electron chi connectivity index (χ4n) is 3.83. The molecule has 1 aromatic carbocycles. The second kappa shape index (κ2) is 8.77. The van der Waals surface area contributed by atoms with Gasteiger partial charge in [-0.1, -0.05) is 6.08 Å². The number of benzene rings is 1. The smallest absolute Gasteiger partial charge is 0.300 e. The molecule has 1 aliphatic carbocycles. The SMILES string of the molecule is CC(=O)O.CC1NCCC=C1C1=Cc2c(Nc3ccc4scnc4c3)ccnc2C1. The summed E-state index contributed by atoms with van der Waals surface area (Å²) < 4.78 is 1.21. The van der Waals surface area contributed by atoms with Gasteiger partial charge in [-0.15, -0.1) is 11.3 Å². The average Bonchev–Trinajstić information content (AvgIpc) is 3.35. The number of anilines is 2. The zero-order valence-electron chi connectivity index (χ0n) is 17.0. The molecule has 0 spiro atoms. The fourth-order valence-corrected chi connectivity index (χ4v) is 4.49. The predicted octanol–water partition coefficient (Wildman–Crippen LogP) is 4.77. The first-order valence-corrected chi connectivity index (χ1v) is 10.8. The zero-order chi connectivity index (χ0) is 21.1. The fraction of sp³-hybridized carbons (Fsp3) is 0.261. The largest absolute Gasteiger partial charge is 0.481 e. The van der Waals surface area contributed by atoms with Crippen LogP contribution in [0.1, 0.15) is 31.5 Å². The van der Waals surface area contributed by atoms with Crippen LogP contribution in [0.25, 0.3) is 16.3 Å². The van der Waals surface area contributed by atoms with Crippen molar-refractivity contribution in [1.82, 2.24) is 15.3 Å². The number of thiazole rings is 1. The number of hydrogen-bond acceptors (Lipinski definition) is 6. The van der Waals surface area contributed by atoms with Crippen LogP contribution in [0.4, 0.5) is 11.4 Å². The Kier molecular flexibility index (Phi) is 5.92. The van der Waals surface area contributed by atoms with E-state index in [2.05, 4.69) is 63.9 Å². The lowest BCUT2D eigenvalue weighted by atomic mass is 9.95. The second-order valence-electron chi connectivity index (χ2n) is 7.37. The molecule has 30 heavy (non-hydrogen) atoms. The third-order valence-electron chi connectivity index (χ3n) is 5.15. The van der Waals surface area contributed by atoms with Crippen LogP contribution < -0.4 is 10.6 Å². The van der Waals surface area contributed by atoms with E-state index in [1.807, 2.05) is 11.7 Å². The summed E-state index contributed by atoms with van der Waals surface area (Å²) in [6.07, 6.45) is 8.59. The van der Waals surface area contributed by atoms with Gasteiger partial charge in [0.25, 0.3) is 5.97 Å². The van der Waals surface area contributed by atoms with Crippen molar-refractivity contribution in [3.05, 3.63) is 64.5 Å². The van der Waals surface area contributed by atoms with Gasteiger partial charge in [0.1, 0.15) is 0 Å². The predicted molar refractivity (Wildman–Crippen MR) is 122 cm³/mol. The summed E-state index contributed by atoms with van der Waals surface area (Å²) in [5, 5.41) is 14.5. The molecule has 0 radical (unpaired) electrons. The minimum atomic E-state index is -0.833. The van der Waals surface area contributed by atoms with Crippen molar-refractivity contribution in [3.8, 4) is 0 Å². The van der Waals surface area contributed by atoms with E-state index >= 15 is 0 Å². The highest BCUT2D eigenvalue weighted by molar-refractivity contribution is 7.16. The maximum Gasteiger partial charge on any atom is 0.300 e. The maximum absolute atomic E-state index is 9.00. The van der Waals surface area contributed by atoms with Crippen LogP contribution in [0.5, 0.6) is 0 Å². The summed E-state index contributed by atoms with van der Waals surface area (Å²) >= 11 is 1.67. The summed E-state index contributed by atoms with van der Waals surface area (Å²) in [7, 11) is 0. The second-order valence-corrected chi connectivity index (χ2v) is 8.25. The Bertz CT molecular complexity index is 1150. The molecule has 6 nitrogen and oxygen atoms in total. The van der Waals surface area contributed by atoms with Gasteiger partial charge in [0.2, 0.25) is 0 Å². The van der Waals surface area contributed by atoms with Crippen molar-refractivity contribution in [3.63, 3.8) is 0 Å². The standard InChI is InChI=1S/C21H20N4S.C2H4O2/c1-13-16(3-2-7-22-13)14-9-17-18(6-8-23-19(17)10-14)25-15-4-5-21-20(11-15)24-12-26-21;1-2(3)4/h3-6,8-9,11-13,22H,2,7,10H2,1H3,(H,23,25);1H3,(H,3,4). The summed E-state index contributed by atoms with van der Waals surface area (Å²) in [6, 6.07) is 8.81. The third-order valence-corrected chi connectivity index (χ3v) is 5.96. The number of pyridine rings is 1. The summed E-state index contributed by atoms with van der Waals surface area (Å²) in [5.74, 6) is -0.833. The van der Waals surface area contributed by atoms with Crippen LogP contribution >= 0.6 is 11.3 Å². The summed E-state index contributed by atoms with van der Waals surface area (Å²) in [4.78, 5) is 18.0. The molecule has 154 valence electrons. The van der Waals surface area contributed by atoms with Crippen molar-refractivity contribution in [1.29, 1.82) is 0 Å². The molecular formula is C23H24N4O2S. The van der Waals surface area contributed by atoms with Crippen molar-refractivity contribution >= 4 is 45.0 Å². The van der Waals surface area contributed by atoms with Crippen LogP contribution in [0.2, 0.25) is 0 Å². The number of aromatic nitrogens is 2. The van der Waals surface area contributed by atoms with Crippen molar-refractivity contribution in [2.75, 3.05) is 11.9 Å². The van der Waals surface area contributed by atoms with Crippen molar-refractivity contribution in [2.24, 2.45) is 0 Å². The number of aliphatic carboxylic acids is 1. The topological polar surface area (TPSA) is 87.1 Å². The number of carboxylic acid groups (broad SMARTS) is 1. The van der Waals surface area contributed by atoms with Gasteiger partial charge in [-0.05, 0) is 61.4 Å². The third kappa shape index (κ3) is 4.42. The first-order chi connectivity index (χ1) is 14.5. The molecule has 0 amide bonds. The first kappa shape index (κ1) is 20.3. The summed E-state index contributed by atoms with van der Waals surface area (Å²) in [5.41, 5.74) is 10.3. The lowest BCUT2D eigenvalue weighted by Crippen LogP contribution is -2.32. The van der Waals surface area contributed by atoms with E-state index in [1.54, 1.807) is 11.3 Å². The highest BCUT2D eigenvalue weighted by Crippen LogP contribution is 2.36. The van der Waals surface area contributed by atoms with Crippen LogP contribution in [-0.2, 0) is 11.2 Å². The molecule has 3 N–H and O–H groups in total. The Balaban J connectivity index is 0.000000503. The molecule has 1 aliphatic heterocycles. The molecule has 3 aromatic rings. The van der Waals surface area contributed by atoms with E-state index in [-0.39, 0.29) is 0 Å². The Labute approximate surface area is 179 Å². The Hall–Kier alpha value is -3.03. The van der Waals surface area contributed by atoms with Crippen molar-refractivity contribution < 1.29 is 9.90 Å². The molecule has 5 rings (SSSR count). The molecule has 7 heteroatoms. The molecule has 2 aliphatic rings. The molecule has 1 unspecified atom stereocenters. The van der Waals surface area contributed by atoms with Crippen LogP contribution in [-0.4, -0.2) is 33.6 Å². The van der Waals surface area contributed by atoms with Gasteiger partial charge < -0.3 is 15.7 Å². The van der Waals surface area contributed by atoms with Gasteiger partial charge in [-0.25, -0.2) is 4.98 Å². The number of nitrogens with zero attached hydrogens (tertiary/aromatic N) is 2. The Morgan fingerprint density at radius 1 is 1.30 bits per heavy atom. The summed E-state index contributed by atoms with van der Waals surface area (Å²) in [6.45, 7) is 4.39. The number of fused-ring (bicyclic) bond motifs is 2. The lowest BCUT2D eigenvalue weighted by molar-refractivity contribution is -0.134. The molecule has 0 saturated carbocycles. The number of rotatable bonds is 3. The minimum Gasteiger partial charge on any atom is -0.481 e. The van der Waals surface area contributed by atoms with E-state index in [0.717, 1.165) is 48.9 Å². The number of carbonyl (C=O) groups is 1. The highest BCUT2D eigenvalue weighted by atomic mass is 32.1. The zero-order valence-corrected chi connectivity index (χ0v) is 17.8. The van der Waals surface area contributed by atoms with E-state index in [4.69, 9.17) is 9.90 Å². The maximum atomic E-state index is 9.00. The van der Waals surface area contributed by atoms with Gasteiger partial charge in [0.15, 0.2) is 0 Å². The van der Waals surface area contributed by atoms with Gasteiger partial charge >= 0.3 is 0 Å². The highest BCUT2D eigenvalue weighted by Gasteiger charge is 2.23. The van der Waals surface area contributed by atoms with E-state index in [0.29, 0.717) is 6.04 Å². The Morgan fingerprint density at radius 3 is 2.93 bits per heavy atom. The van der Waals surface area contributed by atoms with E-state index in [9.17, 15) is 0 Å². The normalized spacial score (nSPS) is 17.5. The quantitative estimate of drug-likeness (QED) is 0.566. The first-order valence-electron chi connectivity index (χ1n) is 9.93. The van der Waals surface area contributed by atoms with E-state index < -0.39 is 5.97 Å². The van der Waals surface area contributed by atoms with E-state index in [1.165, 1.54) is 21.4 Å². The monoisotopic (exact) mass is 420 g/mol. The molecule has 3 heterocycles. The number of hydrogen-bond donors (Lipinski definition) is 3. The lowest BCUT2D eigenvalue weighted by Gasteiger charge is -2.23. The average molecular weight is 421 g/mol. The molecule has 0 saturated heterocycles. The molecule has 2 aromatic heterocycles. The molecule has 1 atom stereocenters. The molecule has 0 bridgehead atoms. The van der Waals surface area contributed by atoms with Crippen LogP contribution in [0.15, 0.2) is 53.2 Å². The Morgan fingerprint density at radius 2 is 2.13 bits per heavy atom. The number of nitrogens with one attached hydrogen (secondary N) is 2. The van der Waals surface area contributed by atoms with Gasteiger partial charge in [-0.3, -0.25) is 9.78 Å². The van der Waals surface area contributed by atoms with Crippen LogP contribution in [0, 0.1) is 0 Å². The molecular weight excluding hydrogens is 396 g/mol. The van der Waals surface area contributed by atoms with Gasteiger partial charge in [0.05, 0.1) is 21.4 Å².